The average Bonchev–Trinajstić information content (AvgIpc) is 2.88. The first kappa shape index (κ1) is 16.1. The number of halogens is 3. The van der Waals surface area contributed by atoms with Crippen molar-refractivity contribution < 1.29 is 22.7 Å². The first-order valence-corrected chi connectivity index (χ1v) is 7.27. The number of aromatic amines is 1. The van der Waals surface area contributed by atoms with Crippen molar-refractivity contribution in [1.82, 2.24) is 4.98 Å². The predicted molar refractivity (Wildman–Crippen MR) is 84.3 cm³/mol. The van der Waals surface area contributed by atoms with Crippen molar-refractivity contribution in [1.29, 1.82) is 0 Å². The van der Waals surface area contributed by atoms with Gasteiger partial charge in [-0.3, -0.25) is 4.79 Å². The minimum absolute atomic E-state index is 0.00988. The molecule has 6 heteroatoms. The lowest BCUT2D eigenvalue weighted by Crippen LogP contribution is -2.13. The summed E-state index contributed by atoms with van der Waals surface area (Å²) >= 11 is 0. The topological polar surface area (TPSA) is 42.1 Å². The van der Waals surface area contributed by atoms with Crippen LogP contribution in [0.3, 0.4) is 0 Å². The highest BCUT2D eigenvalue weighted by Crippen LogP contribution is 2.31. The molecule has 1 aromatic heterocycles. The Bertz CT molecular complexity index is 897. The van der Waals surface area contributed by atoms with Crippen LogP contribution in [0.15, 0.2) is 48.5 Å². The lowest BCUT2D eigenvalue weighted by atomic mass is 10.1. The normalized spacial score (nSPS) is 11.7. The maximum absolute atomic E-state index is 12.7. The highest BCUT2D eigenvalue weighted by atomic mass is 19.4. The van der Waals surface area contributed by atoms with Gasteiger partial charge in [0.15, 0.2) is 6.61 Å². The molecule has 3 rings (SSSR count). The van der Waals surface area contributed by atoms with Crippen molar-refractivity contribution in [2.24, 2.45) is 0 Å². The van der Waals surface area contributed by atoms with Crippen molar-refractivity contribution in [2.45, 2.75) is 13.1 Å². The summed E-state index contributed by atoms with van der Waals surface area (Å²) in [4.78, 5) is 15.5. The molecular formula is C18H14F3NO2. The number of carbonyl (C=O) groups is 1. The summed E-state index contributed by atoms with van der Waals surface area (Å²) in [6.45, 7) is 1.45. The Morgan fingerprint density at radius 1 is 1.12 bits per heavy atom. The van der Waals surface area contributed by atoms with E-state index in [1.807, 2.05) is 24.3 Å². The summed E-state index contributed by atoms with van der Waals surface area (Å²) in [6, 6.07) is 11.8. The van der Waals surface area contributed by atoms with Gasteiger partial charge >= 0.3 is 6.18 Å². The molecule has 0 aliphatic heterocycles. The quantitative estimate of drug-likeness (QED) is 0.700. The number of carbonyl (C=O) groups excluding carboxylic acids is 1. The monoisotopic (exact) mass is 333 g/mol. The Kier molecular flexibility index (Phi) is 4.05. The number of para-hydroxylation sites is 1. The number of aromatic nitrogens is 1. The molecule has 0 saturated carbocycles. The van der Waals surface area contributed by atoms with E-state index in [-0.39, 0.29) is 18.1 Å². The number of Topliss-reactive ketones (excluding diaryl/α,β-unsaturated/α-hetero) is 1. The van der Waals surface area contributed by atoms with Gasteiger partial charge in [0.25, 0.3) is 0 Å². The number of alkyl halides is 3. The van der Waals surface area contributed by atoms with Gasteiger partial charge in [-0.05, 0) is 31.2 Å². The van der Waals surface area contributed by atoms with E-state index in [1.54, 1.807) is 6.92 Å². The number of fused-ring (bicyclic) bond motifs is 1. The summed E-state index contributed by atoms with van der Waals surface area (Å²) in [5.74, 6) is -0.280. The molecule has 1 heterocycles. The molecule has 0 bridgehead atoms. The average molecular weight is 333 g/mol. The number of benzene rings is 2. The first-order valence-electron chi connectivity index (χ1n) is 7.27. The minimum Gasteiger partial charge on any atom is -0.485 e. The van der Waals surface area contributed by atoms with E-state index in [0.717, 1.165) is 23.0 Å². The molecule has 0 aliphatic rings. The predicted octanol–water partition coefficient (Wildman–Crippen LogP) is 4.76. The van der Waals surface area contributed by atoms with Crippen LogP contribution in [0.25, 0.3) is 10.9 Å². The number of ether oxygens (including phenoxy) is 1. The molecule has 0 amide bonds. The van der Waals surface area contributed by atoms with Crippen LogP contribution in [0.4, 0.5) is 13.2 Å². The maximum atomic E-state index is 12.7. The van der Waals surface area contributed by atoms with E-state index in [2.05, 4.69) is 4.98 Å². The molecule has 0 fully saturated rings. The van der Waals surface area contributed by atoms with E-state index in [0.29, 0.717) is 11.3 Å². The second kappa shape index (κ2) is 6.03. The Morgan fingerprint density at radius 2 is 1.88 bits per heavy atom. The highest BCUT2D eigenvalue weighted by Gasteiger charge is 2.30. The molecule has 0 unspecified atom stereocenters. The fraction of sp³-hybridized carbons (Fsp3) is 0.167. The molecule has 3 nitrogen and oxygen atoms in total. The zero-order valence-corrected chi connectivity index (χ0v) is 12.8. The Balaban J connectivity index is 1.80. The van der Waals surface area contributed by atoms with Crippen molar-refractivity contribution in [3.05, 3.63) is 65.4 Å². The van der Waals surface area contributed by atoms with Crippen LogP contribution in [0.2, 0.25) is 0 Å². The number of hydrogen-bond donors (Lipinski definition) is 1. The molecule has 1 N–H and O–H groups in total. The van der Waals surface area contributed by atoms with Gasteiger partial charge in [-0.1, -0.05) is 24.3 Å². The molecule has 0 atom stereocenters. The van der Waals surface area contributed by atoms with E-state index in [9.17, 15) is 18.0 Å². The van der Waals surface area contributed by atoms with E-state index >= 15 is 0 Å². The van der Waals surface area contributed by atoms with Gasteiger partial charge in [0.05, 0.1) is 5.56 Å². The van der Waals surface area contributed by atoms with Crippen LogP contribution < -0.4 is 4.74 Å². The van der Waals surface area contributed by atoms with E-state index < -0.39 is 11.7 Å². The second-order valence-corrected chi connectivity index (χ2v) is 5.41. The highest BCUT2D eigenvalue weighted by molar-refractivity contribution is 6.09. The van der Waals surface area contributed by atoms with Gasteiger partial charge in [-0.2, -0.15) is 13.2 Å². The summed E-state index contributed by atoms with van der Waals surface area (Å²) in [5, 5.41) is 0.771. The number of hydrogen-bond acceptors (Lipinski definition) is 2. The third-order valence-corrected chi connectivity index (χ3v) is 3.70. The molecule has 0 spiro atoms. The molecular weight excluding hydrogens is 319 g/mol. The van der Waals surface area contributed by atoms with Crippen LogP contribution in [-0.2, 0) is 6.18 Å². The molecule has 124 valence electrons. The van der Waals surface area contributed by atoms with Crippen LogP contribution >= 0.6 is 0 Å². The first-order chi connectivity index (χ1) is 11.4. The van der Waals surface area contributed by atoms with Gasteiger partial charge in [-0.25, -0.2) is 0 Å². The fourth-order valence-corrected chi connectivity index (χ4v) is 2.62. The number of aryl methyl sites for hydroxylation is 1. The summed E-state index contributed by atoms with van der Waals surface area (Å²) in [5.41, 5.74) is 1.22. The Hall–Kier alpha value is -2.76. The maximum Gasteiger partial charge on any atom is 0.416 e. The molecule has 0 saturated heterocycles. The van der Waals surface area contributed by atoms with Crippen LogP contribution in [0.5, 0.6) is 5.75 Å². The third kappa shape index (κ3) is 3.13. The van der Waals surface area contributed by atoms with Gasteiger partial charge in [0, 0.05) is 22.2 Å². The fourth-order valence-electron chi connectivity index (χ4n) is 2.62. The zero-order chi connectivity index (χ0) is 17.3. The Morgan fingerprint density at radius 3 is 2.62 bits per heavy atom. The summed E-state index contributed by atoms with van der Waals surface area (Å²) in [7, 11) is 0. The second-order valence-electron chi connectivity index (χ2n) is 5.41. The van der Waals surface area contributed by atoms with Gasteiger partial charge in [0.2, 0.25) is 5.78 Å². The molecule has 0 radical (unpaired) electrons. The van der Waals surface area contributed by atoms with Crippen molar-refractivity contribution >= 4 is 16.7 Å². The van der Waals surface area contributed by atoms with Crippen molar-refractivity contribution in [3.63, 3.8) is 0 Å². The summed E-state index contributed by atoms with van der Waals surface area (Å²) in [6.07, 6.45) is -4.45. The number of ketones is 1. The minimum atomic E-state index is -4.45. The largest absolute Gasteiger partial charge is 0.485 e. The SMILES string of the molecule is Cc1[nH]c2ccccc2c1C(=O)COc1cccc(C(F)(F)F)c1. The number of H-pyrrole nitrogens is 1. The van der Waals surface area contributed by atoms with Crippen LogP contribution in [-0.4, -0.2) is 17.4 Å². The molecule has 0 aliphatic carbocycles. The van der Waals surface area contributed by atoms with Crippen molar-refractivity contribution in [2.75, 3.05) is 6.61 Å². The Labute approximate surface area is 136 Å². The molecule has 3 aromatic rings. The van der Waals surface area contributed by atoms with Gasteiger partial charge in [0.1, 0.15) is 5.75 Å². The van der Waals surface area contributed by atoms with Crippen molar-refractivity contribution in [3.8, 4) is 5.75 Å². The third-order valence-electron chi connectivity index (χ3n) is 3.70. The summed E-state index contributed by atoms with van der Waals surface area (Å²) < 4.78 is 43.3. The molecule has 24 heavy (non-hydrogen) atoms. The standard InChI is InChI=1S/C18H14F3NO2/c1-11-17(14-7-2-3-8-15(14)22-11)16(23)10-24-13-6-4-5-12(9-13)18(19,20)21/h2-9,22H,10H2,1H3. The number of nitrogens with one attached hydrogen (secondary N) is 1. The van der Waals surface area contributed by atoms with Crippen LogP contribution in [0.1, 0.15) is 21.6 Å². The van der Waals surface area contributed by atoms with Gasteiger partial charge < -0.3 is 9.72 Å². The smallest absolute Gasteiger partial charge is 0.416 e. The van der Waals surface area contributed by atoms with Gasteiger partial charge in [-0.15, -0.1) is 0 Å². The lowest BCUT2D eigenvalue weighted by molar-refractivity contribution is -0.137. The van der Waals surface area contributed by atoms with E-state index in [4.69, 9.17) is 4.74 Å². The number of rotatable bonds is 4. The molecule has 2 aromatic carbocycles. The van der Waals surface area contributed by atoms with E-state index in [1.165, 1.54) is 12.1 Å². The lowest BCUT2D eigenvalue weighted by Gasteiger charge is -2.10. The van der Waals surface area contributed by atoms with Crippen LogP contribution in [0, 0.1) is 6.92 Å². The zero-order valence-electron chi connectivity index (χ0n) is 12.8.